The summed E-state index contributed by atoms with van der Waals surface area (Å²) in [7, 11) is -1.64. The lowest BCUT2D eigenvalue weighted by atomic mass is 10.2. The van der Waals surface area contributed by atoms with Crippen LogP contribution in [0.3, 0.4) is 0 Å². The molecule has 0 aliphatic rings. The van der Waals surface area contributed by atoms with Crippen molar-refractivity contribution in [2.24, 2.45) is 0 Å². The van der Waals surface area contributed by atoms with Gasteiger partial charge in [-0.3, -0.25) is 9.71 Å². The summed E-state index contributed by atoms with van der Waals surface area (Å²) in [6, 6.07) is 12.1. The number of rotatable bonds is 8. The van der Waals surface area contributed by atoms with Crippen LogP contribution in [0.5, 0.6) is 28.7 Å². The first-order chi connectivity index (χ1) is 17.5. The zero-order chi connectivity index (χ0) is 26.8. The van der Waals surface area contributed by atoms with Crippen molar-refractivity contribution >= 4 is 26.6 Å². The van der Waals surface area contributed by atoms with Gasteiger partial charge in [0.05, 0.1) is 25.4 Å². The predicted octanol–water partition coefficient (Wildman–Crippen LogP) is 5.88. The Balaban J connectivity index is 1.61. The molecule has 0 bridgehead atoms. The van der Waals surface area contributed by atoms with E-state index in [-0.39, 0.29) is 17.2 Å². The molecule has 0 fully saturated rings. The van der Waals surface area contributed by atoms with Crippen molar-refractivity contribution in [3.05, 3.63) is 72.7 Å². The number of nitrogens with one attached hydrogen (secondary N) is 1. The van der Waals surface area contributed by atoms with Gasteiger partial charge in [-0.2, -0.15) is 0 Å². The Morgan fingerprint density at radius 3 is 2.22 bits per heavy atom. The molecule has 1 aromatic heterocycles. The molecule has 4 aromatic rings. The monoisotopic (exact) mass is 538 g/mol. The summed E-state index contributed by atoms with van der Waals surface area (Å²) in [6.45, 7) is 0. The molecular weight excluding hydrogens is 520 g/mol. The van der Waals surface area contributed by atoms with E-state index < -0.39 is 32.8 Å². The van der Waals surface area contributed by atoms with E-state index in [0.717, 1.165) is 18.2 Å². The molecule has 4 rings (SSSR count). The van der Waals surface area contributed by atoms with Crippen molar-refractivity contribution in [3.63, 3.8) is 0 Å². The number of ether oxygens (including phenoxy) is 4. The molecule has 0 atom stereocenters. The lowest BCUT2D eigenvalue weighted by molar-refractivity contribution is -0.275. The predicted molar refractivity (Wildman–Crippen MR) is 125 cm³/mol. The Bertz CT molecular complexity index is 1560. The standard InChI is InChI=1S/C24H18F4N2O6S/c1-33-21-12-15-17(13-22(21)34-2)29-10-9-18(15)35-19-8-7-14(11-16(19)25)30-37(31,32)23-6-4-3-5-20(23)36-24(26,27)28/h3-13,30H,1-2H3. The molecule has 0 saturated heterocycles. The lowest BCUT2D eigenvalue weighted by Crippen LogP contribution is -2.20. The Morgan fingerprint density at radius 2 is 1.54 bits per heavy atom. The molecule has 1 N–H and O–H groups in total. The highest BCUT2D eigenvalue weighted by Gasteiger charge is 2.34. The number of nitrogens with zero attached hydrogens (tertiary/aromatic N) is 1. The molecule has 0 amide bonds. The highest BCUT2D eigenvalue weighted by Crippen LogP contribution is 2.38. The maximum Gasteiger partial charge on any atom is 0.573 e. The summed E-state index contributed by atoms with van der Waals surface area (Å²) >= 11 is 0. The molecule has 37 heavy (non-hydrogen) atoms. The molecule has 8 nitrogen and oxygen atoms in total. The number of para-hydroxylation sites is 1. The van der Waals surface area contributed by atoms with E-state index in [9.17, 15) is 26.0 Å². The molecule has 194 valence electrons. The van der Waals surface area contributed by atoms with Gasteiger partial charge < -0.3 is 18.9 Å². The Kier molecular flexibility index (Phi) is 6.99. The molecule has 1 heterocycles. The topological polar surface area (TPSA) is 96.0 Å². The van der Waals surface area contributed by atoms with Crippen LogP contribution in [0.25, 0.3) is 10.9 Å². The Hall–Kier alpha value is -4.26. The van der Waals surface area contributed by atoms with E-state index in [1.807, 2.05) is 4.72 Å². The van der Waals surface area contributed by atoms with Crippen LogP contribution >= 0.6 is 0 Å². The fourth-order valence-electron chi connectivity index (χ4n) is 3.39. The van der Waals surface area contributed by atoms with Gasteiger partial charge in [-0.05, 0) is 36.4 Å². The van der Waals surface area contributed by atoms with Crippen LogP contribution in [0, 0.1) is 5.82 Å². The van der Waals surface area contributed by atoms with E-state index in [1.165, 1.54) is 50.7 Å². The molecule has 0 aliphatic carbocycles. The summed E-state index contributed by atoms with van der Waals surface area (Å²) < 4.78 is 100. The number of sulfonamides is 1. The molecule has 13 heteroatoms. The summed E-state index contributed by atoms with van der Waals surface area (Å²) in [6.07, 6.45) is -3.66. The van der Waals surface area contributed by atoms with Crippen LogP contribution in [0.15, 0.2) is 71.8 Å². The van der Waals surface area contributed by atoms with Crippen molar-refractivity contribution < 1.29 is 44.9 Å². The van der Waals surface area contributed by atoms with E-state index >= 15 is 0 Å². The van der Waals surface area contributed by atoms with Crippen LogP contribution in [-0.2, 0) is 10.0 Å². The second-order valence-electron chi connectivity index (χ2n) is 7.38. The lowest BCUT2D eigenvalue weighted by Gasteiger charge is -2.15. The maximum atomic E-state index is 14.9. The van der Waals surface area contributed by atoms with Gasteiger partial charge in [0.15, 0.2) is 23.1 Å². The van der Waals surface area contributed by atoms with Gasteiger partial charge in [0.25, 0.3) is 10.0 Å². The van der Waals surface area contributed by atoms with Gasteiger partial charge in [0.1, 0.15) is 16.4 Å². The zero-order valence-electron chi connectivity index (χ0n) is 19.2. The third-order valence-corrected chi connectivity index (χ3v) is 6.40. The van der Waals surface area contributed by atoms with Gasteiger partial charge in [0.2, 0.25) is 0 Å². The number of aromatic nitrogens is 1. The smallest absolute Gasteiger partial charge is 0.493 e. The number of fused-ring (bicyclic) bond motifs is 1. The summed E-state index contributed by atoms with van der Waals surface area (Å²) in [5.74, 6) is -1.05. The van der Waals surface area contributed by atoms with E-state index in [2.05, 4.69) is 9.72 Å². The molecule has 0 spiro atoms. The van der Waals surface area contributed by atoms with Gasteiger partial charge in [-0.1, -0.05) is 12.1 Å². The van der Waals surface area contributed by atoms with Gasteiger partial charge in [-0.15, -0.1) is 13.2 Å². The molecule has 0 aliphatic heterocycles. The van der Waals surface area contributed by atoms with E-state index in [1.54, 1.807) is 12.1 Å². The number of pyridine rings is 1. The molecule has 0 unspecified atom stereocenters. The minimum Gasteiger partial charge on any atom is -0.493 e. The largest absolute Gasteiger partial charge is 0.573 e. The van der Waals surface area contributed by atoms with Crippen LogP contribution in [0.4, 0.5) is 23.2 Å². The van der Waals surface area contributed by atoms with Gasteiger partial charge in [-0.25, -0.2) is 12.8 Å². The van der Waals surface area contributed by atoms with Crippen LogP contribution < -0.4 is 23.7 Å². The minimum atomic E-state index is -5.11. The van der Waals surface area contributed by atoms with Crippen molar-refractivity contribution in [2.45, 2.75) is 11.3 Å². The Morgan fingerprint density at radius 1 is 0.838 bits per heavy atom. The number of anilines is 1. The first kappa shape index (κ1) is 25.8. The van der Waals surface area contributed by atoms with Crippen molar-refractivity contribution in [1.29, 1.82) is 0 Å². The van der Waals surface area contributed by atoms with Gasteiger partial charge >= 0.3 is 6.36 Å². The first-order valence-electron chi connectivity index (χ1n) is 10.4. The summed E-state index contributed by atoms with van der Waals surface area (Å²) in [5, 5.41) is 0.491. The normalized spacial score (nSPS) is 11.7. The third-order valence-electron chi connectivity index (χ3n) is 4.98. The van der Waals surface area contributed by atoms with E-state index in [4.69, 9.17) is 14.2 Å². The number of benzene rings is 3. The second kappa shape index (κ2) is 10.0. The van der Waals surface area contributed by atoms with Crippen molar-refractivity contribution in [1.82, 2.24) is 4.98 Å². The number of halogens is 4. The molecule has 0 radical (unpaired) electrons. The van der Waals surface area contributed by atoms with Gasteiger partial charge in [0, 0.05) is 23.7 Å². The quantitative estimate of drug-likeness (QED) is 0.280. The third kappa shape index (κ3) is 5.77. The number of hydrogen-bond donors (Lipinski definition) is 1. The number of hydrogen-bond acceptors (Lipinski definition) is 7. The summed E-state index contributed by atoms with van der Waals surface area (Å²) in [5.41, 5.74) is 0.234. The van der Waals surface area contributed by atoms with Crippen LogP contribution in [0.1, 0.15) is 0 Å². The fraction of sp³-hybridized carbons (Fsp3) is 0.125. The average Bonchev–Trinajstić information content (AvgIpc) is 2.84. The second-order valence-corrected chi connectivity index (χ2v) is 9.03. The fourth-order valence-corrected chi connectivity index (χ4v) is 4.57. The number of alkyl halides is 3. The molecule has 0 saturated carbocycles. The minimum absolute atomic E-state index is 0.233. The van der Waals surface area contributed by atoms with Crippen molar-refractivity contribution in [2.75, 3.05) is 18.9 Å². The van der Waals surface area contributed by atoms with Crippen LogP contribution in [0.2, 0.25) is 0 Å². The zero-order valence-corrected chi connectivity index (χ0v) is 20.0. The highest BCUT2D eigenvalue weighted by atomic mass is 32.2. The first-order valence-corrected chi connectivity index (χ1v) is 11.8. The maximum absolute atomic E-state index is 14.9. The summed E-state index contributed by atoms with van der Waals surface area (Å²) in [4.78, 5) is 3.46. The van der Waals surface area contributed by atoms with Crippen LogP contribution in [-0.4, -0.2) is 34.0 Å². The molecule has 3 aromatic carbocycles. The Labute approximate surface area is 208 Å². The SMILES string of the molecule is COc1cc2nccc(Oc3ccc(NS(=O)(=O)c4ccccc4OC(F)(F)F)cc3F)c2cc1OC. The van der Waals surface area contributed by atoms with E-state index in [0.29, 0.717) is 22.4 Å². The average molecular weight is 538 g/mol. The number of methoxy groups -OCH3 is 2. The molecular formula is C24H18F4N2O6S. The highest BCUT2D eigenvalue weighted by molar-refractivity contribution is 7.92. The van der Waals surface area contributed by atoms with Crippen molar-refractivity contribution in [3.8, 4) is 28.7 Å².